The molecule has 0 spiro atoms. The van der Waals surface area contributed by atoms with Gasteiger partial charge in [-0.2, -0.15) is 0 Å². The van der Waals surface area contributed by atoms with Gasteiger partial charge in [-0.25, -0.2) is 8.78 Å². The maximum atomic E-state index is 13.4. The van der Waals surface area contributed by atoms with Crippen LogP contribution in [0, 0.1) is 18.6 Å². The Bertz CT molecular complexity index is 592. The fourth-order valence-electron chi connectivity index (χ4n) is 1.58. The number of benzene rings is 2. The number of carbonyl (C=O) groups excluding carboxylic acids is 1. The molecule has 19 heavy (non-hydrogen) atoms. The Kier molecular flexibility index (Phi) is 3.90. The summed E-state index contributed by atoms with van der Waals surface area (Å²) in [6, 6.07) is 9.98. The van der Waals surface area contributed by atoms with Gasteiger partial charge in [0.15, 0.2) is 6.61 Å². The highest BCUT2D eigenvalue weighted by molar-refractivity contribution is 5.97. The van der Waals surface area contributed by atoms with E-state index in [4.69, 9.17) is 4.74 Å². The lowest BCUT2D eigenvalue weighted by Crippen LogP contribution is -2.13. The molecule has 2 aromatic carbocycles. The fourth-order valence-corrected chi connectivity index (χ4v) is 1.58. The lowest BCUT2D eigenvalue weighted by molar-refractivity contribution is 0.0917. The van der Waals surface area contributed by atoms with Crippen molar-refractivity contribution in [2.75, 3.05) is 6.61 Å². The largest absolute Gasteiger partial charge is 0.485 e. The van der Waals surface area contributed by atoms with Crippen LogP contribution in [0.25, 0.3) is 0 Å². The number of Topliss-reactive ketones (excluding diaryl/α,β-unsaturated/α-hetero) is 1. The van der Waals surface area contributed by atoms with Crippen molar-refractivity contribution in [3.8, 4) is 5.75 Å². The third-order valence-corrected chi connectivity index (χ3v) is 2.62. The lowest BCUT2D eigenvalue weighted by Gasteiger charge is -2.06. The van der Waals surface area contributed by atoms with Crippen molar-refractivity contribution in [2.45, 2.75) is 6.92 Å². The van der Waals surface area contributed by atoms with Gasteiger partial charge >= 0.3 is 0 Å². The Balaban J connectivity index is 2.03. The molecule has 2 rings (SSSR count). The molecule has 2 aromatic rings. The van der Waals surface area contributed by atoms with Crippen molar-refractivity contribution < 1.29 is 18.3 Å². The summed E-state index contributed by atoms with van der Waals surface area (Å²) in [5.74, 6) is -1.59. The fraction of sp³-hybridized carbons (Fsp3) is 0.133. The first-order valence-corrected chi connectivity index (χ1v) is 5.74. The first-order valence-electron chi connectivity index (χ1n) is 5.74. The minimum atomic E-state index is -0.877. The van der Waals surface area contributed by atoms with E-state index in [9.17, 15) is 13.6 Å². The third-order valence-electron chi connectivity index (χ3n) is 2.62. The van der Waals surface area contributed by atoms with Crippen molar-refractivity contribution in [3.05, 3.63) is 65.2 Å². The predicted octanol–water partition coefficient (Wildman–Crippen LogP) is 3.53. The zero-order valence-corrected chi connectivity index (χ0v) is 10.3. The summed E-state index contributed by atoms with van der Waals surface area (Å²) < 4.78 is 31.3. The van der Waals surface area contributed by atoms with Gasteiger partial charge in [-0.05, 0) is 31.2 Å². The number of ether oxygens (including phenoxy) is 1. The monoisotopic (exact) mass is 262 g/mol. The van der Waals surface area contributed by atoms with E-state index in [1.165, 1.54) is 0 Å². The Morgan fingerprint density at radius 3 is 2.42 bits per heavy atom. The molecular formula is C15H12F2O2. The summed E-state index contributed by atoms with van der Waals surface area (Å²) in [5, 5.41) is 0. The van der Waals surface area contributed by atoms with E-state index < -0.39 is 17.4 Å². The summed E-state index contributed by atoms with van der Waals surface area (Å²) >= 11 is 0. The summed E-state index contributed by atoms with van der Waals surface area (Å²) in [6.07, 6.45) is 0. The van der Waals surface area contributed by atoms with E-state index >= 15 is 0 Å². The number of hydrogen-bond donors (Lipinski definition) is 0. The SMILES string of the molecule is Cc1ccc(OCC(=O)c2ccc(F)cc2F)cc1. The second kappa shape index (κ2) is 5.61. The molecule has 0 unspecified atom stereocenters. The third kappa shape index (κ3) is 3.37. The van der Waals surface area contributed by atoms with Gasteiger partial charge in [0.25, 0.3) is 0 Å². The van der Waals surface area contributed by atoms with Crippen LogP contribution in [0.1, 0.15) is 15.9 Å². The molecule has 0 aliphatic rings. The molecule has 4 heteroatoms. The normalized spacial score (nSPS) is 10.3. The molecule has 0 aliphatic heterocycles. The molecule has 0 amide bonds. The number of hydrogen-bond acceptors (Lipinski definition) is 2. The van der Waals surface area contributed by atoms with Crippen LogP contribution in [0.2, 0.25) is 0 Å². The number of aryl methyl sites for hydroxylation is 1. The van der Waals surface area contributed by atoms with Crippen molar-refractivity contribution >= 4 is 5.78 Å². The van der Waals surface area contributed by atoms with Crippen LogP contribution in [-0.4, -0.2) is 12.4 Å². The predicted molar refractivity (Wildman–Crippen MR) is 67.4 cm³/mol. The maximum Gasteiger partial charge on any atom is 0.203 e. The van der Waals surface area contributed by atoms with Crippen molar-refractivity contribution in [1.82, 2.24) is 0 Å². The highest BCUT2D eigenvalue weighted by atomic mass is 19.1. The quantitative estimate of drug-likeness (QED) is 0.788. The molecular weight excluding hydrogens is 250 g/mol. The summed E-state index contributed by atoms with van der Waals surface area (Å²) in [4.78, 5) is 11.7. The summed E-state index contributed by atoms with van der Waals surface area (Å²) in [5.41, 5.74) is 0.900. The average Bonchev–Trinajstić information content (AvgIpc) is 2.37. The molecule has 98 valence electrons. The second-order valence-corrected chi connectivity index (χ2v) is 4.15. The molecule has 0 fully saturated rings. The van der Waals surface area contributed by atoms with E-state index in [2.05, 4.69) is 0 Å². The van der Waals surface area contributed by atoms with Crippen molar-refractivity contribution in [3.63, 3.8) is 0 Å². The standard InChI is InChI=1S/C15H12F2O2/c1-10-2-5-12(6-3-10)19-9-15(18)13-7-4-11(16)8-14(13)17/h2-8H,9H2,1H3. The van der Waals surface area contributed by atoms with Gasteiger partial charge in [0.1, 0.15) is 17.4 Å². The first kappa shape index (κ1) is 13.2. The number of rotatable bonds is 4. The number of carbonyl (C=O) groups is 1. The van der Waals surface area contributed by atoms with Crippen LogP contribution in [0.4, 0.5) is 8.78 Å². The molecule has 0 saturated heterocycles. The molecule has 0 aliphatic carbocycles. The van der Waals surface area contributed by atoms with Gasteiger partial charge in [-0.15, -0.1) is 0 Å². The Hall–Kier alpha value is -2.23. The van der Waals surface area contributed by atoms with E-state index in [0.717, 1.165) is 17.7 Å². The molecule has 0 radical (unpaired) electrons. The minimum absolute atomic E-state index is 0.173. The molecule has 0 heterocycles. The minimum Gasteiger partial charge on any atom is -0.485 e. The van der Waals surface area contributed by atoms with Gasteiger partial charge in [-0.3, -0.25) is 4.79 Å². The van der Waals surface area contributed by atoms with Gasteiger partial charge < -0.3 is 4.74 Å². The van der Waals surface area contributed by atoms with E-state index in [1.54, 1.807) is 12.1 Å². The first-order chi connectivity index (χ1) is 9.06. The zero-order valence-electron chi connectivity index (χ0n) is 10.3. The number of ketones is 1. The second-order valence-electron chi connectivity index (χ2n) is 4.15. The molecule has 0 bridgehead atoms. The van der Waals surface area contributed by atoms with Gasteiger partial charge in [0.05, 0.1) is 5.56 Å². The van der Waals surface area contributed by atoms with Crippen LogP contribution >= 0.6 is 0 Å². The number of halogens is 2. The average molecular weight is 262 g/mol. The van der Waals surface area contributed by atoms with Crippen LogP contribution in [0.5, 0.6) is 5.75 Å². The van der Waals surface area contributed by atoms with E-state index in [1.807, 2.05) is 19.1 Å². The highest BCUT2D eigenvalue weighted by Crippen LogP contribution is 2.14. The molecule has 0 N–H and O–H groups in total. The van der Waals surface area contributed by atoms with Crippen LogP contribution in [0.3, 0.4) is 0 Å². The summed E-state index contributed by atoms with van der Waals surface area (Å²) in [7, 11) is 0. The lowest BCUT2D eigenvalue weighted by atomic mass is 10.1. The molecule has 2 nitrogen and oxygen atoms in total. The zero-order chi connectivity index (χ0) is 13.8. The van der Waals surface area contributed by atoms with E-state index in [-0.39, 0.29) is 12.2 Å². The van der Waals surface area contributed by atoms with Crippen LogP contribution in [0.15, 0.2) is 42.5 Å². The Morgan fingerprint density at radius 2 is 1.79 bits per heavy atom. The maximum absolute atomic E-state index is 13.4. The molecule has 0 aromatic heterocycles. The smallest absolute Gasteiger partial charge is 0.203 e. The van der Waals surface area contributed by atoms with E-state index in [0.29, 0.717) is 11.8 Å². The van der Waals surface area contributed by atoms with Gasteiger partial charge in [-0.1, -0.05) is 17.7 Å². The van der Waals surface area contributed by atoms with Gasteiger partial charge in [0.2, 0.25) is 5.78 Å². The van der Waals surface area contributed by atoms with Crippen molar-refractivity contribution in [2.24, 2.45) is 0 Å². The topological polar surface area (TPSA) is 26.3 Å². The molecule has 0 saturated carbocycles. The highest BCUT2D eigenvalue weighted by Gasteiger charge is 2.13. The molecule has 0 atom stereocenters. The Labute approximate surface area is 109 Å². The van der Waals surface area contributed by atoms with Crippen LogP contribution in [-0.2, 0) is 0 Å². The Morgan fingerprint density at radius 1 is 1.11 bits per heavy atom. The van der Waals surface area contributed by atoms with Crippen LogP contribution < -0.4 is 4.74 Å². The summed E-state index contributed by atoms with van der Waals surface area (Å²) in [6.45, 7) is 1.65. The van der Waals surface area contributed by atoms with Crippen molar-refractivity contribution in [1.29, 1.82) is 0 Å². The van der Waals surface area contributed by atoms with Gasteiger partial charge in [0, 0.05) is 6.07 Å².